The van der Waals surface area contributed by atoms with Gasteiger partial charge < -0.3 is 14.9 Å². The van der Waals surface area contributed by atoms with E-state index in [0.29, 0.717) is 24.8 Å². The van der Waals surface area contributed by atoms with Crippen molar-refractivity contribution in [2.24, 2.45) is 28.6 Å². The molecule has 3 saturated carbocycles. The molecule has 0 radical (unpaired) electrons. The van der Waals surface area contributed by atoms with Crippen LogP contribution in [-0.2, 0) is 19.1 Å². The third-order valence-electron chi connectivity index (χ3n) is 9.04. The first-order valence-corrected chi connectivity index (χ1v) is 11.0. The number of allylic oxidation sites excluding steroid dienone is 4. The summed E-state index contributed by atoms with van der Waals surface area (Å²) < 4.78 is 22.8. The van der Waals surface area contributed by atoms with Gasteiger partial charge in [-0.15, -0.1) is 0 Å². The van der Waals surface area contributed by atoms with Crippen molar-refractivity contribution in [3.05, 3.63) is 23.8 Å². The van der Waals surface area contributed by atoms with Gasteiger partial charge in [0.05, 0.1) is 6.10 Å². The van der Waals surface area contributed by atoms with Crippen molar-refractivity contribution in [1.29, 1.82) is 0 Å². The Kier molecular flexibility index (Phi) is 4.91. The monoisotopic (exact) mass is 434 g/mol. The van der Waals surface area contributed by atoms with Crippen LogP contribution in [0, 0.1) is 28.6 Å². The van der Waals surface area contributed by atoms with E-state index in [9.17, 15) is 24.6 Å². The third kappa shape index (κ3) is 2.53. The summed E-state index contributed by atoms with van der Waals surface area (Å²) >= 11 is 0. The number of rotatable bonds is 3. The zero-order valence-corrected chi connectivity index (χ0v) is 18.5. The van der Waals surface area contributed by atoms with Crippen LogP contribution >= 0.6 is 0 Å². The quantitative estimate of drug-likeness (QED) is 0.662. The number of halogens is 1. The summed E-state index contributed by atoms with van der Waals surface area (Å²) in [6.07, 6.45) is 4.29. The number of aliphatic hydroxyl groups is 2. The molecule has 170 valence electrons. The van der Waals surface area contributed by atoms with Crippen molar-refractivity contribution in [1.82, 2.24) is 0 Å². The number of hydrogen-bond donors (Lipinski definition) is 2. The molecule has 3 fully saturated rings. The lowest BCUT2D eigenvalue weighted by atomic mass is 9.44. The predicted molar refractivity (Wildman–Crippen MR) is 109 cm³/mol. The molecule has 0 aromatic heterocycles. The molecule has 7 heteroatoms. The molecular weight excluding hydrogens is 403 g/mol. The number of hydrogen-bond acceptors (Lipinski definition) is 6. The third-order valence-corrected chi connectivity index (χ3v) is 9.04. The Balaban J connectivity index is 1.86. The van der Waals surface area contributed by atoms with E-state index in [1.54, 1.807) is 26.8 Å². The van der Waals surface area contributed by atoms with Gasteiger partial charge in [-0.05, 0) is 50.7 Å². The first-order valence-electron chi connectivity index (χ1n) is 11.0. The molecule has 0 saturated heterocycles. The van der Waals surface area contributed by atoms with Gasteiger partial charge in [-0.2, -0.15) is 0 Å². The summed E-state index contributed by atoms with van der Waals surface area (Å²) in [4.78, 5) is 37.0. The fourth-order valence-corrected chi connectivity index (χ4v) is 7.74. The zero-order chi connectivity index (χ0) is 23.0. The maximum Gasteiger partial charge on any atom is 0.303 e. The van der Waals surface area contributed by atoms with Crippen molar-refractivity contribution >= 4 is 17.5 Å². The van der Waals surface area contributed by atoms with Gasteiger partial charge in [0.25, 0.3) is 0 Å². The van der Waals surface area contributed by atoms with Gasteiger partial charge in [-0.1, -0.05) is 25.5 Å². The molecule has 5 unspecified atom stereocenters. The van der Waals surface area contributed by atoms with Crippen LogP contribution in [0.3, 0.4) is 0 Å². The van der Waals surface area contributed by atoms with Crippen molar-refractivity contribution in [3.63, 3.8) is 0 Å². The lowest BCUT2D eigenvalue weighted by Gasteiger charge is -2.62. The standard InChI is InChI=1S/C24H31FO6/c1-13-9-18-17-6-5-15-10-16(28)7-8-21(15,3)23(17,25)19(29)11-22(18,4)24(13,20(30)12-26)31-14(2)27/h7-8,10,13,17-19,26,29H,5-6,9,11-12H2,1-4H3/t13-,17?,18?,19?,21?,22?,23+,24+/m1/s1. The molecule has 0 spiro atoms. The van der Waals surface area contributed by atoms with Crippen LogP contribution in [0.1, 0.15) is 53.4 Å². The van der Waals surface area contributed by atoms with Crippen LogP contribution in [0.25, 0.3) is 0 Å². The topological polar surface area (TPSA) is 101 Å². The van der Waals surface area contributed by atoms with Crippen molar-refractivity contribution in [3.8, 4) is 0 Å². The summed E-state index contributed by atoms with van der Waals surface area (Å²) in [5.74, 6) is -2.79. The van der Waals surface area contributed by atoms with E-state index < -0.39 is 58.4 Å². The average Bonchev–Trinajstić information content (AvgIpc) is 2.90. The number of ketones is 2. The minimum absolute atomic E-state index is 0.0846. The van der Waals surface area contributed by atoms with E-state index in [2.05, 4.69) is 0 Å². The van der Waals surface area contributed by atoms with Crippen molar-refractivity contribution < 1.29 is 33.7 Å². The van der Waals surface area contributed by atoms with E-state index in [0.717, 1.165) is 0 Å². The molecule has 0 bridgehead atoms. The number of ether oxygens (including phenoxy) is 1. The van der Waals surface area contributed by atoms with Crippen LogP contribution in [-0.4, -0.2) is 51.7 Å². The summed E-state index contributed by atoms with van der Waals surface area (Å²) in [5.41, 5.74) is -5.10. The maximum absolute atomic E-state index is 17.1. The SMILES string of the molecule is CC(=O)O[C@]1(C(=O)CO)[C@H](C)CC2C3CCC4=CC(=O)C=CC4(C)[C@@]3(F)C(O)CC21C. The van der Waals surface area contributed by atoms with E-state index in [-0.39, 0.29) is 18.1 Å². The minimum atomic E-state index is -2.02. The molecule has 0 aromatic rings. The van der Waals surface area contributed by atoms with E-state index in [4.69, 9.17) is 4.74 Å². The fraction of sp³-hybridized carbons (Fsp3) is 0.708. The van der Waals surface area contributed by atoms with Crippen LogP contribution in [0.15, 0.2) is 23.8 Å². The molecule has 8 atom stereocenters. The molecule has 6 nitrogen and oxygen atoms in total. The Labute approximate surface area is 181 Å². The molecule has 0 amide bonds. The normalized spacial score (nSPS) is 48.4. The number of esters is 1. The molecule has 4 aliphatic rings. The highest BCUT2D eigenvalue weighted by atomic mass is 19.1. The Hall–Kier alpha value is -1.86. The van der Waals surface area contributed by atoms with Crippen LogP contribution in [0.4, 0.5) is 4.39 Å². The van der Waals surface area contributed by atoms with E-state index >= 15 is 4.39 Å². The van der Waals surface area contributed by atoms with Gasteiger partial charge in [-0.3, -0.25) is 14.4 Å². The first-order chi connectivity index (χ1) is 14.4. The highest BCUT2D eigenvalue weighted by molar-refractivity contribution is 6.01. The zero-order valence-electron chi connectivity index (χ0n) is 18.5. The van der Waals surface area contributed by atoms with Crippen LogP contribution in [0.5, 0.6) is 0 Å². The average molecular weight is 435 g/mol. The summed E-state index contributed by atoms with van der Waals surface area (Å²) in [5, 5.41) is 21.1. The molecule has 4 aliphatic carbocycles. The van der Waals surface area contributed by atoms with Crippen molar-refractivity contribution in [2.45, 2.75) is 70.8 Å². The molecule has 2 N–H and O–H groups in total. The molecule has 0 aliphatic heterocycles. The van der Waals surface area contributed by atoms with Gasteiger partial charge in [0.15, 0.2) is 17.1 Å². The van der Waals surface area contributed by atoms with Gasteiger partial charge in [-0.25, -0.2) is 4.39 Å². The first kappa shape index (κ1) is 22.3. The van der Waals surface area contributed by atoms with Crippen LogP contribution in [0.2, 0.25) is 0 Å². The Morgan fingerprint density at radius 2 is 1.97 bits per heavy atom. The molecular formula is C24H31FO6. The van der Waals surface area contributed by atoms with Crippen LogP contribution < -0.4 is 0 Å². The van der Waals surface area contributed by atoms with Gasteiger partial charge in [0.2, 0.25) is 5.78 Å². The number of alkyl halides is 1. The Bertz CT molecular complexity index is 910. The molecule has 4 rings (SSSR count). The van der Waals surface area contributed by atoms with E-state index in [1.165, 1.54) is 19.1 Å². The second kappa shape index (κ2) is 6.82. The largest absolute Gasteiger partial charge is 0.450 e. The van der Waals surface area contributed by atoms with Crippen molar-refractivity contribution in [2.75, 3.05) is 6.61 Å². The summed E-state index contributed by atoms with van der Waals surface area (Å²) in [6, 6.07) is 0. The second-order valence-corrected chi connectivity index (χ2v) is 10.3. The van der Waals surface area contributed by atoms with E-state index in [1.807, 2.05) is 0 Å². The fourth-order valence-electron chi connectivity index (χ4n) is 7.74. The Morgan fingerprint density at radius 3 is 2.58 bits per heavy atom. The predicted octanol–water partition coefficient (Wildman–Crippen LogP) is 2.47. The summed E-state index contributed by atoms with van der Waals surface area (Å²) in [7, 11) is 0. The van der Waals surface area contributed by atoms with Gasteiger partial charge in [0, 0.05) is 29.6 Å². The smallest absolute Gasteiger partial charge is 0.303 e. The van der Waals surface area contributed by atoms with Gasteiger partial charge in [0.1, 0.15) is 6.61 Å². The number of fused-ring (bicyclic) bond motifs is 5. The highest BCUT2D eigenvalue weighted by Gasteiger charge is 2.77. The molecule has 31 heavy (non-hydrogen) atoms. The minimum Gasteiger partial charge on any atom is -0.450 e. The molecule has 0 aromatic carbocycles. The lowest BCUT2D eigenvalue weighted by Crippen LogP contribution is -2.70. The lowest BCUT2D eigenvalue weighted by molar-refractivity contribution is -0.227. The highest BCUT2D eigenvalue weighted by Crippen LogP contribution is 2.71. The number of carbonyl (C=O) groups excluding carboxylic acids is 3. The summed E-state index contributed by atoms with van der Waals surface area (Å²) in [6.45, 7) is 5.74. The Morgan fingerprint density at radius 1 is 1.29 bits per heavy atom. The number of carbonyl (C=O) groups is 3. The second-order valence-electron chi connectivity index (χ2n) is 10.3. The molecule has 0 heterocycles. The van der Waals surface area contributed by atoms with Gasteiger partial charge >= 0.3 is 5.97 Å². The maximum atomic E-state index is 17.1. The number of aliphatic hydroxyl groups excluding tert-OH is 2. The number of Topliss-reactive ketones (excluding diaryl/α,β-unsaturated/α-hetero) is 1.